The van der Waals surface area contributed by atoms with Gasteiger partial charge in [0.1, 0.15) is 0 Å². The first kappa shape index (κ1) is 18.8. The number of hydrogen-bond acceptors (Lipinski definition) is 2. The summed E-state index contributed by atoms with van der Waals surface area (Å²) in [4.78, 5) is 4.24. The molecule has 0 fully saturated rings. The molecule has 0 unspecified atom stereocenters. The monoisotopic (exact) mass is 355 g/mol. The van der Waals surface area contributed by atoms with Crippen molar-refractivity contribution >= 4 is 17.5 Å². The van der Waals surface area contributed by atoms with Gasteiger partial charge in [-0.25, -0.2) is 0 Å². The quantitative estimate of drug-likeness (QED) is 0.576. The average molecular weight is 356 g/mol. The molecule has 0 aliphatic heterocycles. The van der Waals surface area contributed by atoms with Crippen LogP contribution in [-0.2, 0) is 0 Å². The molecule has 0 N–H and O–H groups in total. The lowest BCUT2D eigenvalue weighted by Crippen LogP contribution is -2.09. The zero-order valence-corrected chi connectivity index (χ0v) is 16.6. The van der Waals surface area contributed by atoms with Crippen LogP contribution >= 0.6 is 0 Å². The highest BCUT2D eigenvalue weighted by molar-refractivity contribution is 5.63. The van der Waals surface area contributed by atoms with Crippen molar-refractivity contribution in [1.82, 2.24) is 0 Å². The molecule has 0 heterocycles. The van der Waals surface area contributed by atoms with Gasteiger partial charge in [-0.3, -0.25) is 0 Å². The van der Waals surface area contributed by atoms with E-state index in [4.69, 9.17) is 0 Å². The molecule has 0 bridgehead atoms. The van der Waals surface area contributed by atoms with Gasteiger partial charge in [0.2, 0.25) is 0 Å². The Bertz CT molecular complexity index is 809. The fraction of sp³-hybridized carbons (Fsp3) is 0.160. The normalized spacial score (nSPS) is 11.1. The molecule has 0 aromatic heterocycles. The summed E-state index contributed by atoms with van der Waals surface area (Å²) in [6.07, 6.45) is 4.39. The Labute approximate surface area is 163 Å². The first-order valence-electron chi connectivity index (χ1n) is 9.20. The fourth-order valence-corrected chi connectivity index (χ4v) is 2.98. The van der Waals surface area contributed by atoms with Crippen molar-refractivity contribution < 1.29 is 0 Å². The molecule has 137 valence electrons. The molecule has 3 aromatic carbocycles. The van der Waals surface area contributed by atoms with Gasteiger partial charge in [0.25, 0.3) is 0 Å². The zero-order valence-electron chi connectivity index (χ0n) is 16.6. The fourth-order valence-electron chi connectivity index (χ4n) is 2.98. The van der Waals surface area contributed by atoms with Gasteiger partial charge in [0.05, 0.1) is 5.92 Å². The third-order valence-electron chi connectivity index (χ3n) is 4.63. The lowest BCUT2D eigenvalue weighted by molar-refractivity contribution is 1.12. The minimum absolute atomic E-state index is 1.20. The van der Waals surface area contributed by atoms with Crippen molar-refractivity contribution in [1.29, 1.82) is 0 Å². The van der Waals surface area contributed by atoms with Gasteiger partial charge in [-0.15, -0.1) is 0 Å². The third-order valence-corrected chi connectivity index (χ3v) is 4.63. The number of rotatable bonds is 6. The lowest BCUT2D eigenvalue weighted by atomic mass is 9.90. The van der Waals surface area contributed by atoms with Crippen LogP contribution in [0.5, 0.6) is 0 Å². The van der Waals surface area contributed by atoms with E-state index < -0.39 is 0 Å². The van der Waals surface area contributed by atoms with Crippen LogP contribution in [0.4, 0.5) is 11.4 Å². The molecule has 0 saturated heterocycles. The maximum absolute atomic E-state index is 2.21. The first-order chi connectivity index (χ1) is 13.0. The second-order valence-corrected chi connectivity index (χ2v) is 7.04. The van der Waals surface area contributed by atoms with Gasteiger partial charge < -0.3 is 9.80 Å². The van der Waals surface area contributed by atoms with Gasteiger partial charge in [-0.05, 0) is 41.0 Å². The Morgan fingerprint density at radius 3 is 1.44 bits per heavy atom. The molecule has 2 heteroatoms. The molecule has 2 nitrogen and oxygen atoms in total. The van der Waals surface area contributed by atoms with E-state index in [-0.39, 0.29) is 0 Å². The van der Waals surface area contributed by atoms with Crippen LogP contribution in [0.15, 0.2) is 84.9 Å². The van der Waals surface area contributed by atoms with Crippen molar-refractivity contribution in [2.75, 3.05) is 38.0 Å². The van der Waals surface area contributed by atoms with E-state index in [2.05, 4.69) is 123 Å². The number of anilines is 2. The zero-order chi connectivity index (χ0) is 19.2. The highest BCUT2D eigenvalue weighted by Crippen LogP contribution is 2.29. The Kier molecular flexibility index (Phi) is 5.97. The van der Waals surface area contributed by atoms with Crippen molar-refractivity contribution in [2.45, 2.75) is 0 Å². The average Bonchev–Trinajstić information content (AvgIpc) is 2.69. The predicted molar refractivity (Wildman–Crippen MR) is 118 cm³/mol. The number of benzene rings is 3. The Morgan fingerprint density at radius 2 is 1.04 bits per heavy atom. The summed E-state index contributed by atoms with van der Waals surface area (Å²) in [7, 11) is 8.26. The molecule has 1 radical (unpaired) electrons. The van der Waals surface area contributed by atoms with Gasteiger partial charge in [0, 0.05) is 39.6 Å². The molecular weight excluding hydrogens is 328 g/mol. The van der Waals surface area contributed by atoms with E-state index in [0.29, 0.717) is 0 Å². The van der Waals surface area contributed by atoms with Gasteiger partial charge >= 0.3 is 0 Å². The number of hydrogen-bond donors (Lipinski definition) is 0. The van der Waals surface area contributed by atoms with E-state index in [1.165, 1.54) is 34.0 Å². The van der Waals surface area contributed by atoms with Crippen LogP contribution < -0.4 is 9.80 Å². The summed E-state index contributed by atoms with van der Waals surface area (Å²) >= 11 is 0. The Balaban J connectivity index is 1.96. The largest absolute Gasteiger partial charge is 0.378 e. The van der Waals surface area contributed by atoms with Crippen LogP contribution in [0.2, 0.25) is 0 Å². The standard InChI is InChI=1S/C25H27N2/c1-26(2)23-15-11-21(12-16-23)25(19-10-20-8-6-5-7-9-20)22-13-17-24(18-14-22)27(3)4/h5-19H,1-4H3/b19-10+. The second kappa shape index (κ2) is 8.59. The lowest BCUT2D eigenvalue weighted by Gasteiger charge is -2.18. The van der Waals surface area contributed by atoms with E-state index in [9.17, 15) is 0 Å². The maximum atomic E-state index is 2.21. The molecule has 3 rings (SSSR count). The van der Waals surface area contributed by atoms with E-state index in [1.807, 2.05) is 6.07 Å². The van der Waals surface area contributed by atoms with Gasteiger partial charge in [-0.2, -0.15) is 0 Å². The van der Waals surface area contributed by atoms with E-state index in [0.717, 1.165) is 0 Å². The summed E-state index contributed by atoms with van der Waals surface area (Å²) in [5, 5.41) is 0. The van der Waals surface area contributed by atoms with Crippen LogP contribution in [0.1, 0.15) is 16.7 Å². The molecule has 0 atom stereocenters. The van der Waals surface area contributed by atoms with Gasteiger partial charge in [0.15, 0.2) is 0 Å². The summed E-state index contributed by atoms with van der Waals surface area (Å²) < 4.78 is 0. The predicted octanol–water partition coefficient (Wildman–Crippen LogP) is 5.50. The molecule has 0 amide bonds. The van der Waals surface area contributed by atoms with Crippen molar-refractivity contribution in [3.8, 4) is 0 Å². The maximum Gasteiger partial charge on any atom is 0.0557 e. The minimum Gasteiger partial charge on any atom is -0.378 e. The van der Waals surface area contributed by atoms with Crippen LogP contribution in [0, 0.1) is 5.92 Å². The summed E-state index contributed by atoms with van der Waals surface area (Å²) in [6, 6.07) is 27.9. The topological polar surface area (TPSA) is 6.48 Å². The molecule has 0 aliphatic carbocycles. The van der Waals surface area contributed by atoms with E-state index >= 15 is 0 Å². The van der Waals surface area contributed by atoms with Crippen molar-refractivity contribution in [3.05, 3.63) is 108 Å². The number of allylic oxidation sites excluding steroid dienone is 1. The Morgan fingerprint density at radius 1 is 0.593 bits per heavy atom. The molecular formula is C25H27N2. The van der Waals surface area contributed by atoms with E-state index in [1.54, 1.807) is 0 Å². The van der Waals surface area contributed by atoms with Crippen LogP contribution in [0.25, 0.3) is 6.08 Å². The molecule has 0 spiro atoms. The molecule has 27 heavy (non-hydrogen) atoms. The highest BCUT2D eigenvalue weighted by atomic mass is 15.1. The SMILES string of the molecule is CN(C)c1ccc([C](/C=C/c2ccccc2)c2ccc(N(C)C)cc2)cc1. The summed E-state index contributed by atoms with van der Waals surface area (Å²) in [5.74, 6) is 1.22. The van der Waals surface area contributed by atoms with Gasteiger partial charge in [-0.1, -0.05) is 66.7 Å². The molecule has 0 saturated carbocycles. The van der Waals surface area contributed by atoms with Crippen molar-refractivity contribution in [2.24, 2.45) is 0 Å². The third kappa shape index (κ3) is 4.79. The first-order valence-corrected chi connectivity index (χ1v) is 9.20. The van der Waals surface area contributed by atoms with Crippen LogP contribution in [-0.4, -0.2) is 28.2 Å². The molecule has 0 aliphatic rings. The summed E-state index contributed by atoms with van der Waals surface area (Å²) in [5.41, 5.74) is 6.03. The Hall–Kier alpha value is -3.00. The van der Waals surface area contributed by atoms with Crippen molar-refractivity contribution in [3.63, 3.8) is 0 Å². The number of nitrogens with zero attached hydrogens (tertiary/aromatic N) is 2. The smallest absolute Gasteiger partial charge is 0.0557 e. The summed E-state index contributed by atoms with van der Waals surface area (Å²) in [6.45, 7) is 0. The second-order valence-electron chi connectivity index (χ2n) is 7.04. The molecule has 3 aromatic rings. The highest BCUT2D eigenvalue weighted by Gasteiger charge is 2.13. The van der Waals surface area contributed by atoms with Crippen LogP contribution in [0.3, 0.4) is 0 Å². The minimum atomic E-state index is 1.20.